The standard InChI is InChI=1S/C13H20N4O4/c1-8-11(3-4-21-8)17(2)13(20)16-10(12(18)19)5-9-6-14-7-15-9/h6-8,10-11H,3-5H2,1-2H3,(H,14,15)(H,16,20)(H,18,19)/t8?,10-,11?/m0/s1. The second kappa shape index (κ2) is 6.57. The number of carboxylic acid groups (broad SMARTS) is 1. The van der Waals surface area contributed by atoms with Crippen LogP contribution in [0.4, 0.5) is 4.79 Å². The number of nitrogens with zero attached hydrogens (tertiary/aromatic N) is 2. The van der Waals surface area contributed by atoms with Crippen molar-refractivity contribution in [1.29, 1.82) is 0 Å². The molecule has 1 saturated heterocycles. The molecule has 1 fully saturated rings. The molecule has 2 amide bonds. The van der Waals surface area contributed by atoms with Gasteiger partial charge in [-0.2, -0.15) is 0 Å². The van der Waals surface area contributed by atoms with E-state index in [1.165, 1.54) is 11.2 Å². The monoisotopic (exact) mass is 296 g/mol. The van der Waals surface area contributed by atoms with Gasteiger partial charge in [-0.05, 0) is 13.3 Å². The van der Waals surface area contributed by atoms with E-state index in [4.69, 9.17) is 4.74 Å². The number of aliphatic carboxylic acids is 1. The molecule has 116 valence electrons. The maximum atomic E-state index is 12.2. The fourth-order valence-electron chi connectivity index (χ4n) is 2.45. The minimum absolute atomic E-state index is 0.0356. The first-order valence-corrected chi connectivity index (χ1v) is 6.84. The average molecular weight is 296 g/mol. The Kier molecular flexibility index (Phi) is 4.79. The van der Waals surface area contributed by atoms with Gasteiger partial charge in [0.25, 0.3) is 0 Å². The number of carboxylic acids is 1. The summed E-state index contributed by atoms with van der Waals surface area (Å²) < 4.78 is 5.42. The van der Waals surface area contributed by atoms with Crippen molar-refractivity contribution in [1.82, 2.24) is 20.2 Å². The number of rotatable bonds is 5. The molecule has 8 heteroatoms. The zero-order valence-electron chi connectivity index (χ0n) is 12.1. The van der Waals surface area contributed by atoms with E-state index in [1.54, 1.807) is 13.2 Å². The Hall–Kier alpha value is -2.09. The molecule has 2 unspecified atom stereocenters. The molecule has 1 aliphatic rings. The molecule has 3 atom stereocenters. The minimum Gasteiger partial charge on any atom is -0.480 e. The first kappa shape index (κ1) is 15.3. The van der Waals surface area contributed by atoms with Crippen molar-refractivity contribution in [2.45, 2.75) is 38.0 Å². The molecule has 2 rings (SSSR count). The van der Waals surface area contributed by atoms with Crippen molar-refractivity contribution >= 4 is 12.0 Å². The van der Waals surface area contributed by atoms with E-state index < -0.39 is 18.0 Å². The topological polar surface area (TPSA) is 108 Å². The molecular formula is C13H20N4O4. The normalized spacial score (nSPS) is 22.8. The van der Waals surface area contributed by atoms with Crippen LogP contribution in [0.5, 0.6) is 0 Å². The molecule has 0 radical (unpaired) electrons. The Balaban J connectivity index is 1.96. The number of hydrogen-bond donors (Lipinski definition) is 3. The van der Waals surface area contributed by atoms with Crippen LogP contribution >= 0.6 is 0 Å². The number of nitrogens with one attached hydrogen (secondary N) is 2. The number of urea groups is 1. The summed E-state index contributed by atoms with van der Waals surface area (Å²) in [6, 6.07) is -1.45. The van der Waals surface area contributed by atoms with E-state index in [0.29, 0.717) is 12.3 Å². The van der Waals surface area contributed by atoms with Crippen LogP contribution in [-0.2, 0) is 16.0 Å². The lowest BCUT2D eigenvalue weighted by molar-refractivity contribution is -0.139. The number of carbonyl (C=O) groups is 2. The lowest BCUT2D eigenvalue weighted by Gasteiger charge is -2.28. The summed E-state index contributed by atoms with van der Waals surface area (Å²) in [6.07, 6.45) is 3.88. The second-order valence-corrected chi connectivity index (χ2v) is 5.16. The van der Waals surface area contributed by atoms with Gasteiger partial charge in [-0.25, -0.2) is 14.6 Å². The maximum absolute atomic E-state index is 12.2. The molecule has 1 aromatic heterocycles. The van der Waals surface area contributed by atoms with Gasteiger partial charge >= 0.3 is 12.0 Å². The summed E-state index contributed by atoms with van der Waals surface area (Å²) in [5, 5.41) is 11.8. The number of aromatic amines is 1. The molecule has 2 heterocycles. The number of hydrogen-bond acceptors (Lipinski definition) is 4. The van der Waals surface area contributed by atoms with Crippen molar-refractivity contribution in [2.24, 2.45) is 0 Å². The molecule has 0 aliphatic carbocycles. The fraction of sp³-hybridized carbons (Fsp3) is 0.615. The summed E-state index contributed by atoms with van der Waals surface area (Å²) in [4.78, 5) is 31.6. The zero-order chi connectivity index (χ0) is 15.4. The Morgan fingerprint density at radius 1 is 1.67 bits per heavy atom. The summed E-state index contributed by atoms with van der Waals surface area (Å²) in [5.41, 5.74) is 0.655. The molecule has 3 N–H and O–H groups in total. The van der Waals surface area contributed by atoms with E-state index in [0.717, 1.165) is 6.42 Å². The highest BCUT2D eigenvalue weighted by Crippen LogP contribution is 2.18. The van der Waals surface area contributed by atoms with Crippen LogP contribution in [0, 0.1) is 0 Å². The molecule has 0 saturated carbocycles. The van der Waals surface area contributed by atoms with Crippen LogP contribution < -0.4 is 5.32 Å². The summed E-state index contributed by atoms with van der Waals surface area (Å²) >= 11 is 0. The summed E-state index contributed by atoms with van der Waals surface area (Å²) in [5.74, 6) is -1.08. The van der Waals surface area contributed by atoms with Gasteiger partial charge in [-0.3, -0.25) is 0 Å². The van der Waals surface area contributed by atoms with Crippen LogP contribution in [-0.4, -0.2) is 63.8 Å². The predicted molar refractivity (Wildman–Crippen MR) is 73.8 cm³/mol. The van der Waals surface area contributed by atoms with Crippen molar-refractivity contribution < 1.29 is 19.4 Å². The molecule has 1 aliphatic heterocycles. The van der Waals surface area contributed by atoms with E-state index >= 15 is 0 Å². The number of carbonyl (C=O) groups excluding carboxylic acids is 1. The molecule has 8 nitrogen and oxygen atoms in total. The summed E-state index contributed by atoms with van der Waals surface area (Å²) in [6.45, 7) is 2.51. The van der Waals surface area contributed by atoms with E-state index in [9.17, 15) is 14.7 Å². The largest absolute Gasteiger partial charge is 0.480 e. The highest BCUT2D eigenvalue weighted by molar-refractivity contribution is 5.82. The van der Waals surface area contributed by atoms with Gasteiger partial charge in [0.1, 0.15) is 6.04 Å². The van der Waals surface area contributed by atoms with Crippen molar-refractivity contribution in [3.63, 3.8) is 0 Å². The van der Waals surface area contributed by atoms with E-state index in [-0.39, 0.29) is 18.6 Å². The SMILES string of the molecule is CC1OCCC1N(C)C(=O)N[C@@H](Cc1cnc[nH]1)C(=O)O. The van der Waals surface area contributed by atoms with E-state index in [1.807, 2.05) is 6.92 Å². The number of likely N-dealkylation sites (N-methyl/N-ethyl adjacent to an activating group) is 1. The Labute approximate surface area is 122 Å². The number of amides is 2. The Bertz CT molecular complexity index is 490. The van der Waals surface area contributed by atoms with Gasteiger partial charge in [0.15, 0.2) is 0 Å². The van der Waals surface area contributed by atoms with Crippen LogP contribution in [0.15, 0.2) is 12.5 Å². The Morgan fingerprint density at radius 3 is 2.95 bits per heavy atom. The Morgan fingerprint density at radius 2 is 2.43 bits per heavy atom. The molecule has 0 spiro atoms. The predicted octanol–water partition coefficient (Wildman–Crippen LogP) is 0.224. The first-order valence-electron chi connectivity index (χ1n) is 6.84. The van der Waals surface area contributed by atoms with Crippen LogP contribution in [0.3, 0.4) is 0 Å². The smallest absolute Gasteiger partial charge is 0.326 e. The highest BCUT2D eigenvalue weighted by Gasteiger charge is 2.32. The fourth-order valence-corrected chi connectivity index (χ4v) is 2.45. The number of H-pyrrole nitrogens is 1. The second-order valence-electron chi connectivity index (χ2n) is 5.16. The highest BCUT2D eigenvalue weighted by atomic mass is 16.5. The minimum atomic E-state index is -1.08. The van der Waals surface area contributed by atoms with Crippen LogP contribution in [0.2, 0.25) is 0 Å². The van der Waals surface area contributed by atoms with Gasteiger partial charge in [0.2, 0.25) is 0 Å². The lowest BCUT2D eigenvalue weighted by Crippen LogP contribution is -2.51. The molecule has 0 bridgehead atoms. The van der Waals surface area contributed by atoms with Crippen molar-refractivity contribution in [2.75, 3.05) is 13.7 Å². The zero-order valence-corrected chi connectivity index (χ0v) is 12.1. The van der Waals surface area contributed by atoms with Gasteiger partial charge in [0, 0.05) is 32.0 Å². The average Bonchev–Trinajstić information content (AvgIpc) is 3.08. The maximum Gasteiger partial charge on any atom is 0.326 e. The molecule has 1 aromatic rings. The van der Waals surface area contributed by atoms with Gasteiger partial charge < -0.3 is 25.0 Å². The number of aromatic nitrogens is 2. The summed E-state index contributed by atoms with van der Waals surface area (Å²) in [7, 11) is 1.65. The van der Waals surface area contributed by atoms with Crippen LogP contribution in [0.25, 0.3) is 0 Å². The third kappa shape index (κ3) is 3.72. The van der Waals surface area contributed by atoms with Gasteiger partial charge in [0.05, 0.1) is 18.5 Å². The quantitative estimate of drug-likeness (QED) is 0.720. The third-order valence-electron chi connectivity index (χ3n) is 3.73. The van der Waals surface area contributed by atoms with Crippen molar-refractivity contribution in [3.8, 4) is 0 Å². The molecule has 0 aromatic carbocycles. The molecular weight excluding hydrogens is 276 g/mol. The van der Waals surface area contributed by atoms with Crippen molar-refractivity contribution in [3.05, 3.63) is 18.2 Å². The third-order valence-corrected chi connectivity index (χ3v) is 3.73. The first-order chi connectivity index (χ1) is 9.99. The molecule has 21 heavy (non-hydrogen) atoms. The van der Waals surface area contributed by atoms with Gasteiger partial charge in [-0.15, -0.1) is 0 Å². The van der Waals surface area contributed by atoms with Gasteiger partial charge in [-0.1, -0.05) is 0 Å². The number of ether oxygens (including phenoxy) is 1. The van der Waals surface area contributed by atoms with E-state index in [2.05, 4.69) is 15.3 Å². The number of imidazole rings is 1. The van der Waals surface area contributed by atoms with Crippen LogP contribution in [0.1, 0.15) is 19.0 Å². The lowest BCUT2D eigenvalue weighted by atomic mass is 10.1.